The second kappa shape index (κ2) is 9.03. The Kier molecular flexibility index (Phi) is 6.23. The molecule has 2 heterocycles. The number of rotatable bonds is 6. The molecule has 2 aliphatic heterocycles. The van der Waals surface area contributed by atoms with Gasteiger partial charge in [-0.1, -0.05) is 24.3 Å². The molecule has 5 nitrogen and oxygen atoms in total. The average molecular weight is 398 g/mol. The van der Waals surface area contributed by atoms with Crippen molar-refractivity contribution < 1.29 is 19.0 Å². The Balaban J connectivity index is 1.24. The lowest BCUT2D eigenvalue weighted by molar-refractivity contribution is -0.116. The fraction of sp³-hybridized carbons (Fsp3) is 0.435. The molecule has 0 spiro atoms. The maximum Gasteiger partial charge on any atom is 0.224 e. The van der Waals surface area contributed by atoms with Crippen LogP contribution in [0.15, 0.2) is 42.5 Å². The van der Waals surface area contributed by atoms with Crippen molar-refractivity contribution in [3.05, 3.63) is 65.0 Å². The van der Waals surface area contributed by atoms with Crippen LogP contribution in [0.4, 0.5) is 10.1 Å². The van der Waals surface area contributed by atoms with Crippen molar-refractivity contribution in [1.82, 2.24) is 4.90 Å². The molecule has 1 fully saturated rings. The van der Waals surface area contributed by atoms with E-state index in [1.165, 1.54) is 12.1 Å². The Labute approximate surface area is 170 Å². The summed E-state index contributed by atoms with van der Waals surface area (Å²) < 4.78 is 18.9. The zero-order valence-electron chi connectivity index (χ0n) is 16.4. The maximum atomic E-state index is 13.0. The lowest BCUT2D eigenvalue weighted by Crippen LogP contribution is -2.39. The first kappa shape index (κ1) is 20.0. The monoisotopic (exact) mass is 398 g/mol. The molecule has 0 bridgehead atoms. The molecule has 2 N–H and O–H groups in total. The van der Waals surface area contributed by atoms with Gasteiger partial charge in [0, 0.05) is 31.7 Å². The highest BCUT2D eigenvalue weighted by Crippen LogP contribution is 2.27. The number of amides is 1. The van der Waals surface area contributed by atoms with Crippen LogP contribution in [0.3, 0.4) is 0 Å². The Hall–Kier alpha value is -2.28. The molecule has 6 heteroatoms. The topological polar surface area (TPSA) is 61.8 Å². The summed E-state index contributed by atoms with van der Waals surface area (Å²) >= 11 is 0. The summed E-state index contributed by atoms with van der Waals surface area (Å²) in [4.78, 5) is 13.7. The molecule has 2 aromatic carbocycles. The molecule has 0 radical (unpaired) electrons. The third-order valence-corrected chi connectivity index (χ3v) is 5.77. The number of nitrogens with one attached hydrogen (secondary N) is 1. The van der Waals surface area contributed by atoms with E-state index in [2.05, 4.69) is 10.2 Å². The molecule has 4 rings (SSSR count). The Morgan fingerprint density at radius 2 is 1.90 bits per heavy atom. The Morgan fingerprint density at radius 3 is 2.66 bits per heavy atom. The number of aryl methyl sites for hydroxylation is 1. The maximum absolute atomic E-state index is 13.0. The lowest BCUT2D eigenvalue weighted by Gasteiger charge is -2.33. The van der Waals surface area contributed by atoms with Gasteiger partial charge in [-0.2, -0.15) is 0 Å². The van der Waals surface area contributed by atoms with Gasteiger partial charge in [0.2, 0.25) is 5.91 Å². The van der Waals surface area contributed by atoms with Crippen molar-refractivity contribution in [3.8, 4) is 0 Å². The molecule has 0 saturated carbocycles. The van der Waals surface area contributed by atoms with Crippen molar-refractivity contribution in [2.24, 2.45) is 0 Å². The summed E-state index contributed by atoms with van der Waals surface area (Å²) in [5.74, 6) is -0.181. The highest BCUT2D eigenvalue weighted by atomic mass is 19.1. The van der Waals surface area contributed by atoms with Gasteiger partial charge in [0.25, 0.3) is 0 Å². The average Bonchev–Trinajstić information content (AvgIpc) is 2.74. The van der Waals surface area contributed by atoms with Crippen molar-refractivity contribution in [2.45, 2.75) is 44.5 Å². The quantitative estimate of drug-likeness (QED) is 0.783. The van der Waals surface area contributed by atoms with Crippen LogP contribution in [0.25, 0.3) is 0 Å². The van der Waals surface area contributed by atoms with Gasteiger partial charge < -0.3 is 20.1 Å². The Bertz CT molecular complexity index is 848. The fourth-order valence-electron chi connectivity index (χ4n) is 4.01. The normalized spacial score (nSPS) is 18.9. The molecule has 2 aliphatic rings. The van der Waals surface area contributed by atoms with Crippen LogP contribution >= 0.6 is 0 Å². The number of β-amino-alcohol motifs (C(OH)–C–C–N with tert-alkyl or cyclic N) is 1. The van der Waals surface area contributed by atoms with Crippen LogP contribution in [0.2, 0.25) is 0 Å². The van der Waals surface area contributed by atoms with E-state index in [1.54, 1.807) is 12.1 Å². The first-order valence-corrected chi connectivity index (χ1v) is 10.3. The standard InChI is InChI=1S/C23H27FN2O3/c24-19-5-1-16(2-6-19)15-29-20-9-11-26(12-10-20)14-22(27)18-3-7-21-17(13-18)4-8-23(28)25-21/h1-3,5-7,13,20,22,27H,4,8-12,14-15H2,(H,25,28). The van der Waals surface area contributed by atoms with Crippen LogP contribution in [0.5, 0.6) is 0 Å². The number of aliphatic hydroxyl groups excluding tert-OH is 1. The zero-order chi connectivity index (χ0) is 20.2. The smallest absolute Gasteiger partial charge is 0.224 e. The number of likely N-dealkylation sites (tertiary alicyclic amines) is 1. The number of anilines is 1. The molecule has 1 atom stereocenters. The number of carbonyl (C=O) groups excluding carboxylic acids is 1. The minimum Gasteiger partial charge on any atom is -0.387 e. The molecule has 29 heavy (non-hydrogen) atoms. The second-order valence-electron chi connectivity index (χ2n) is 7.92. The number of nitrogens with zero attached hydrogens (tertiary/aromatic N) is 1. The number of halogens is 1. The molecule has 0 aromatic heterocycles. The van der Waals surface area contributed by atoms with Crippen molar-refractivity contribution in [2.75, 3.05) is 25.0 Å². The number of carbonyl (C=O) groups is 1. The van der Waals surface area contributed by atoms with Crippen LogP contribution < -0.4 is 5.32 Å². The SMILES string of the molecule is O=C1CCc2cc(C(O)CN3CCC(OCc4ccc(F)cc4)CC3)ccc2N1. The van der Waals surface area contributed by atoms with Crippen molar-refractivity contribution >= 4 is 11.6 Å². The third kappa shape index (κ3) is 5.21. The first-order valence-electron chi connectivity index (χ1n) is 10.3. The number of piperidine rings is 1. The number of hydrogen-bond donors (Lipinski definition) is 2. The van der Waals surface area contributed by atoms with E-state index in [0.29, 0.717) is 19.6 Å². The van der Waals surface area contributed by atoms with Crippen LogP contribution in [0, 0.1) is 5.82 Å². The van der Waals surface area contributed by atoms with E-state index in [-0.39, 0.29) is 17.8 Å². The summed E-state index contributed by atoms with van der Waals surface area (Å²) in [6.07, 6.45) is 2.71. The predicted molar refractivity (Wildman–Crippen MR) is 109 cm³/mol. The fourth-order valence-corrected chi connectivity index (χ4v) is 4.01. The van der Waals surface area contributed by atoms with Crippen molar-refractivity contribution in [3.63, 3.8) is 0 Å². The van der Waals surface area contributed by atoms with Crippen LogP contribution in [-0.4, -0.2) is 41.7 Å². The van der Waals surface area contributed by atoms with Crippen molar-refractivity contribution in [1.29, 1.82) is 0 Å². The predicted octanol–water partition coefficient (Wildman–Crippen LogP) is 3.43. The largest absolute Gasteiger partial charge is 0.387 e. The van der Waals surface area contributed by atoms with E-state index in [4.69, 9.17) is 4.74 Å². The molecule has 2 aromatic rings. The highest BCUT2D eigenvalue weighted by Gasteiger charge is 2.23. The van der Waals surface area contributed by atoms with Gasteiger partial charge in [0.1, 0.15) is 5.82 Å². The van der Waals surface area contributed by atoms with Gasteiger partial charge in [-0.25, -0.2) is 4.39 Å². The molecule has 0 aliphatic carbocycles. The van der Waals surface area contributed by atoms with Gasteiger partial charge in [0.05, 0.1) is 18.8 Å². The highest BCUT2D eigenvalue weighted by molar-refractivity contribution is 5.93. The second-order valence-corrected chi connectivity index (χ2v) is 7.92. The summed E-state index contributed by atoms with van der Waals surface area (Å²) in [5, 5.41) is 13.6. The minimum absolute atomic E-state index is 0.0512. The van der Waals surface area contributed by atoms with Gasteiger partial charge in [-0.15, -0.1) is 0 Å². The zero-order valence-corrected chi connectivity index (χ0v) is 16.4. The summed E-state index contributed by atoms with van der Waals surface area (Å²) in [6.45, 7) is 2.85. The Morgan fingerprint density at radius 1 is 1.14 bits per heavy atom. The van der Waals surface area contributed by atoms with Crippen LogP contribution in [-0.2, 0) is 22.6 Å². The number of hydrogen-bond acceptors (Lipinski definition) is 4. The summed E-state index contributed by atoms with van der Waals surface area (Å²) in [6, 6.07) is 12.2. The van der Waals surface area contributed by atoms with E-state index in [0.717, 1.165) is 54.7 Å². The molecule has 1 unspecified atom stereocenters. The molecule has 1 amide bonds. The molecular weight excluding hydrogens is 371 g/mol. The minimum atomic E-state index is -0.547. The lowest BCUT2D eigenvalue weighted by atomic mass is 9.97. The first-order chi connectivity index (χ1) is 14.1. The summed E-state index contributed by atoms with van der Waals surface area (Å²) in [7, 11) is 0. The number of aliphatic hydroxyl groups is 1. The number of ether oxygens (including phenoxy) is 1. The third-order valence-electron chi connectivity index (χ3n) is 5.77. The number of benzene rings is 2. The van der Waals surface area contributed by atoms with Gasteiger partial charge >= 0.3 is 0 Å². The van der Waals surface area contributed by atoms with E-state index < -0.39 is 6.10 Å². The van der Waals surface area contributed by atoms with Gasteiger partial charge in [-0.05, 0) is 54.2 Å². The molecule has 154 valence electrons. The molecular formula is C23H27FN2O3. The van der Waals surface area contributed by atoms with Gasteiger partial charge in [-0.3, -0.25) is 4.79 Å². The van der Waals surface area contributed by atoms with E-state index in [9.17, 15) is 14.3 Å². The van der Waals surface area contributed by atoms with Gasteiger partial charge in [0.15, 0.2) is 0 Å². The van der Waals surface area contributed by atoms with E-state index >= 15 is 0 Å². The van der Waals surface area contributed by atoms with Crippen LogP contribution in [0.1, 0.15) is 42.1 Å². The number of fused-ring (bicyclic) bond motifs is 1. The summed E-state index contributed by atoms with van der Waals surface area (Å²) in [5.41, 5.74) is 3.83. The van der Waals surface area contributed by atoms with E-state index in [1.807, 2.05) is 18.2 Å². The molecule has 1 saturated heterocycles.